The highest BCUT2D eigenvalue weighted by Crippen LogP contribution is 2.19. The van der Waals surface area contributed by atoms with E-state index in [0.717, 1.165) is 0 Å². The minimum Gasteiger partial charge on any atom is -0.391 e. The summed E-state index contributed by atoms with van der Waals surface area (Å²) in [5, 5.41) is 11.9. The summed E-state index contributed by atoms with van der Waals surface area (Å²) in [5.74, 6) is -0.774. The van der Waals surface area contributed by atoms with E-state index in [4.69, 9.17) is 11.6 Å². The molecule has 100 valence electrons. The van der Waals surface area contributed by atoms with Crippen molar-refractivity contribution in [2.24, 2.45) is 5.92 Å². The number of carbonyl (C=O) groups is 1. The van der Waals surface area contributed by atoms with E-state index in [1.165, 1.54) is 18.2 Å². The molecule has 1 aromatic carbocycles. The zero-order valence-electron chi connectivity index (χ0n) is 10.4. The lowest BCUT2D eigenvalue weighted by Crippen LogP contribution is -2.33. The second kappa shape index (κ2) is 6.71. The monoisotopic (exact) mass is 273 g/mol. The third-order valence-corrected chi connectivity index (χ3v) is 2.82. The summed E-state index contributed by atoms with van der Waals surface area (Å²) in [6.45, 7) is 4.09. The third kappa shape index (κ3) is 4.27. The number of aliphatic hydroxyl groups is 1. The Morgan fingerprint density at radius 2 is 2.17 bits per heavy atom. The normalized spacial score (nSPS) is 12.6. The van der Waals surface area contributed by atoms with Gasteiger partial charge in [-0.15, -0.1) is 0 Å². The van der Waals surface area contributed by atoms with Crippen molar-refractivity contribution in [1.82, 2.24) is 5.32 Å². The maximum atomic E-state index is 13.1. The first-order valence-corrected chi connectivity index (χ1v) is 6.20. The van der Waals surface area contributed by atoms with Gasteiger partial charge in [-0.3, -0.25) is 4.79 Å². The second-order valence-corrected chi connectivity index (χ2v) is 4.97. The lowest BCUT2D eigenvalue weighted by molar-refractivity contribution is 0.0900. The van der Waals surface area contributed by atoms with Crippen LogP contribution in [0.25, 0.3) is 0 Å². The van der Waals surface area contributed by atoms with Gasteiger partial charge in [0.05, 0.1) is 16.7 Å². The summed E-state index contributed by atoms with van der Waals surface area (Å²) < 4.78 is 13.1. The van der Waals surface area contributed by atoms with Crippen LogP contribution in [0.1, 0.15) is 30.6 Å². The maximum absolute atomic E-state index is 13.1. The lowest BCUT2D eigenvalue weighted by Gasteiger charge is -2.14. The molecule has 0 aliphatic rings. The number of aliphatic hydroxyl groups excluding tert-OH is 1. The Morgan fingerprint density at radius 3 is 2.78 bits per heavy atom. The lowest BCUT2D eigenvalue weighted by atomic mass is 10.1. The molecule has 0 heterocycles. The van der Waals surface area contributed by atoms with Crippen LogP contribution in [0.4, 0.5) is 4.39 Å². The van der Waals surface area contributed by atoms with Gasteiger partial charge in [0.2, 0.25) is 0 Å². The van der Waals surface area contributed by atoms with E-state index in [1.807, 2.05) is 13.8 Å². The van der Waals surface area contributed by atoms with E-state index in [9.17, 15) is 14.3 Å². The molecule has 0 spiro atoms. The molecule has 3 nitrogen and oxygen atoms in total. The second-order valence-electron chi connectivity index (χ2n) is 4.59. The zero-order valence-corrected chi connectivity index (χ0v) is 11.2. The fraction of sp³-hybridized carbons (Fsp3) is 0.462. The minimum atomic E-state index is -0.632. The van der Waals surface area contributed by atoms with Gasteiger partial charge in [-0.05, 0) is 24.5 Å². The number of carbonyl (C=O) groups excluding carboxylic acids is 1. The zero-order chi connectivity index (χ0) is 13.7. The molecule has 0 radical (unpaired) electrons. The Bertz CT molecular complexity index is 423. The van der Waals surface area contributed by atoms with Crippen molar-refractivity contribution in [3.8, 4) is 0 Å². The van der Waals surface area contributed by atoms with Crippen LogP contribution in [0, 0.1) is 11.7 Å². The highest BCUT2D eigenvalue weighted by atomic mass is 35.5. The van der Waals surface area contributed by atoms with Gasteiger partial charge < -0.3 is 10.4 Å². The Hall–Kier alpha value is -1.13. The summed E-state index contributed by atoms with van der Waals surface area (Å²) in [6, 6.07) is 4.04. The van der Waals surface area contributed by atoms with Crippen LogP contribution in [0.5, 0.6) is 0 Å². The number of rotatable bonds is 5. The minimum absolute atomic E-state index is 0.0772. The van der Waals surface area contributed by atoms with E-state index < -0.39 is 17.8 Å². The van der Waals surface area contributed by atoms with Crippen molar-refractivity contribution < 1.29 is 14.3 Å². The first kappa shape index (κ1) is 14.9. The molecule has 0 saturated heterocycles. The van der Waals surface area contributed by atoms with Gasteiger partial charge in [0.15, 0.2) is 0 Å². The summed E-state index contributed by atoms with van der Waals surface area (Å²) in [5.41, 5.74) is 0.0772. The van der Waals surface area contributed by atoms with Gasteiger partial charge in [-0.25, -0.2) is 4.39 Å². The highest BCUT2D eigenvalue weighted by Gasteiger charge is 2.14. The molecule has 1 aromatic rings. The van der Waals surface area contributed by atoms with Crippen molar-refractivity contribution in [1.29, 1.82) is 0 Å². The molecule has 0 saturated carbocycles. The van der Waals surface area contributed by atoms with Gasteiger partial charge >= 0.3 is 0 Å². The molecular weight excluding hydrogens is 257 g/mol. The van der Waals surface area contributed by atoms with Gasteiger partial charge in [0.25, 0.3) is 5.91 Å². The predicted octanol–water partition coefficient (Wildman–Crippen LogP) is 2.62. The van der Waals surface area contributed by atoms with Crippen LogP contribution >= 0.6 is 11.6 Å². The quantitative estimate of drug-likeness (QED) is 0.866. The van der Waals surface area contributed by atoms with Crippen LogP contribution in [-0.2, 0) is 0 Å². The largest absolute Gasteiger partial charge is 0.391 e. The van der Waals surface area contributed by atoms with Crippen LogP contribution in [0.15, 0.2) is 18.2 Å². The molecule has 5 heteroatoms. The van der Waals surface area contributed by atoms with E-state index in [-0.39, 0.29) is 17.1 Å². The van der Waals surface area contributed by atoms with E-state index in [0.29, 0.717) is 12.3 Å². The average Bonchev–Trinajstić information content (AvgIpc) is 2.29. The van der Waals surface area contributed by atoms with Crippen LogP contribution in [0.2, 0.25) is 5.02 Å². The Kier molecular flexibility index (Phi) is 5.56. The third-order valence-electron chi connectivity index (χ3n) is 2.44. The number of halogens is 2. The Balaban J connectivity index is 2.58. The standard InChI is InChI=1S/C13H17ClFNO2/c1-8(2)6-9(17)7-16-13(18)10-4-3-5-11(15)12(10)14/h3-5,8-9,17H,6-7H2,1-2H3,(H,16,18). The summed E-state index contributed by atoms with van der Waals surface area (Å²) in [6.07, 6.45) is -0.0155. The SMILES string of the molecule is CC(C)CC(O)CNC(=O)c1cccc(F)c1Cl. The van der Waals surface area contributed by atoms with E-state index >= 15 is 0 Å². The number of hydrogen-bond acceptors (Lipinski definition) is 2. The van der Waals surface area contributed by atoms with Crippen molar-refractivity contribution >= 4 is 17.5 Å². The first-order valence-electron chi connectivity index (χ1n) is 5.82. The number of hydrogen-bond donors (Lipinski definition) is 2. The first-order chi connectivity index (χ1) is 8.41. The molecule has 0 aliphatic heterocycles. The maximum Gasteiger partial charge on any atom is 0.252 e. The molecule has 0 aliphatic carbocycles. The number of amides is 1. The topological polar surface area (TPSA) is 49.3 Å². The Labute approximate surface area is 111 Å². The van der Waals surface area contributed by atoms with Crippen molar-refractivity contribution in [3.05, 3.63) is 34.6 Å². The van der Waals surface area contributed by atoms with Crippen LogP contribution < -0.4 is 5.32 Å². The van der Waals surface area contributed by atoms with Gasteiger partial charge in [-0.1, -0.05) is 31.5 Å². The number of benzene rings is 1. The molecule has 1 atom stereocenters. The Morgan fingerprint density at radius 1 is 1.50 bits per heavy atom. The van der Waals surface area contributed by atoms with Crippen LogP contribution in [0.3, 0.4) is 0 Å². The van der Waals surface area contributed by atoms with Gasteiger partial charge in [0, 0.05) is 6.54 Å². The smallest absolute Gasteiger partial charge is 0.252 e. The summed E-state index contributed by atoms with van der Waals surface area (Å²) in [4.78, 5) is 11.7. The molecule has 0 bridgehead atoms. The fourth-order valence-electron chi connectivity index (χ4n) is 1.61. The number of nitrogens with one attached hydrogen (secondary N) is 1. The van der Waals surface area contributed by atoms with E-state index in [1.54, 1.807) is 0 Å². The molecule has 1 rings (SSSR count). The average molecular weight is 274 g/mol. The molecule has 2 N–H and O–H groups in total. The van der Waals surface area contributed by atoms with Gasteiger partial charge in [-0.2, -0.15) is 0 Å². The molecule has 0 fully saturated rings. The van der Waals surface area contributed by atoms with Crippen LogP contribution in [-0.4, -0.2) is 23.7 Å². The molecular formula is C13H17ClFNO2. The van der Waals surface area contributed by atoms with Crippen molar-refractivity contribution in [2.75, 3.05) is 6.54 Å². The molecule has 1 amide bonds. The summed E-state index contributed by atoms with van der Waals surface area (Å²) >= 11 is 5.69. The fourth-order valence-corrected chi connectivity index (χ4v) is 1.82. The van der Waals surface area contributed by atoms with Crippen molar-refractivity contribution in [3.63, 3.8) is 0 Å². The highest BCUT2D eigenvalue weighted by molar-refractivity contribution is 6.34. The molecule has 1 unspecified atom stereocenters. The van der Waals surface area contributed by atoms with Gasteiger partial charge in [0.1, 0.15) is 5.82 Å². The molecule has 18 heavy (non-hydrogen) atoms. The van der Waals surface area contributed by atoms with E-state index in [2.05, 4.69) is 5.32 Å². The van der Waals surface area contributed by atoms with Crippen molar-refractivity contribution in [2.45, 2.75) is 26.4 Å². The molecule has 0 aromatic heterocycles. The summed E-state index contributed by atoms with van der Waals surface area (Å²) in [7, 11) is 0. The predicted molar refractivity (Wildman–Crippen MR) is 69.2 cm³/mol.